The quantitative estimate of drug-likeness (QED) is 0.261. The molecule has 5 aromatic rings. The lowest BCUT2D eigenvalue weighted by Gasteiger charge is -2.15. The van der Waals surface area contributed by atoms with Crippen LogP contribution >= 0.6 is 0 Å². The highest BCUT2D eigenvalue weighted by Gasteiger charge is 2.14. The van der Waals surface area contributed by atoms with Crippen molar-refractivity contribution < 1.29 is 0 Å². The molecule has 0 unspecified atom stereocenters. The number of nitrogens with one attached hydrogen (secondary N) is 1. The van der Waals surface area contributed by atoms with Crippen LogP contribution in [0.1, 0.15) is 42.9 Å². The number of aryl methyl sites for hydroxylation is 3. The van der Waals surface area contributed by atoms with Crippen molar-refractivity contribution in [3.05, 3.63) is 108 Å². The Labute approximate surface area is 207 Å². The van der Waals surface area contributed by atoms with E-state index in [-0.39, 0.29) is 0 Å². The summed E-state index contributed by atoms with van der Waals surface area (Å²) in [5.41, 5.74) is 10.9. The van der Waals surface area contributed by atoms with E-state index in [4.69, 9.17) is 4.98 Å². The minimum absolute atomic E-state index is 0.849. The number of hydrogen-bond donors (Lipinski definition) is 1. The summed E-state index contributed by atoms with van der Waals surface area (Å²) >= 11 is 0. The predicted octanol–water partition coefficient (Wildman–Crippen LogP) is 7.48. The van der Waals surface area contributed by atoms with Crippen LogP contribution in [0.15, 0.2) is 85.3 Å². The first-order valence-corrected chi connectivity index (χ1v) is 12.5. The molecule has 0 fully saturated rings. The zero-order chi connectivity index (χ0) is 24.2. The standard InChI is InChI=1S/C31H32N4/c1-4-9-31-34-27(5-2)21-35(31)20-23-12-14-28(22(3)16-23)30-17-25(24-10-7-6-8-11-24)13-15-29(30)26-18-32-33-19-26/h6-8,10-19,21H,4-5,9,20H2,1-3H3,(H,32,33). The molecule has 0 atom stereocenters. The number of imidazole rings is 1. The van der Waals surface area contributed by atoms with Crippen LogP contribution in [0.4, 0.5) is 0 Å². The molecule has 5 rings (SSSR count). The Morgan fingerprint density at radius 3 is 2.37 bits per heavy atom. The molecule has 0 aliphatic rings. The van der Waals surface area contributed by atoms with Crippen LogP contribution in [-0.2, 0) is 19.4 Å². The summed E-state index contributed by atoms with van der Waals surface area (Å²) in [6.45, 7) is 7.45. The summed E-state index contributed by atoms with van der Waals surface area (Å²) < 4.78 is 2.32. The van der Waals surface area contributed by atoms with E-state index in [1.54, 1.807) is 0 Å². The van der Waals surface area contributed by atoms with Crippen LogP contribution < -0.4 is 0 Å². The SMILES string of the molecule is CCCc1nc(CC)cn1Cc1ccc(-c2cc(-c3ccccc3)ccc2-c2cn[nH]c2)c(C)c1. The van der Waals surface area contributed by atoms with Crippen LogP contribution in [0, 0.1) is 6.92 Å². The Morgan fingerprint density at radius 1 is 0.829 bits per heavy atom. The number of rotatable bonds is 8. The van der Waals surface area contributed by atoms with Gasteiger partial charge in [0.2, 0.25) is 0 Å². The zero-order valence-electron chi connectivity index (χ0n) is 20.8. The zero-order valence-corrected chi connectivity index (χ0v) is 20.8. The second kappa shape index (κ2) is 10.1. The van der Waals surface area contributed by atoms with Crippen molar-refractivity contribution in [2.75, 3.05) is 0 Å². The topological polar surface area (TPSA) is 46.5 Å². The van der Waals surface area contributed by atoms with Gasteiger partial charge < -0.3 is 4.57 Å². The van der Waals surface area contributed by atoms with Gasteiger partial charge in [0.1, 0.15) is 5.82 Å². The smallest absolute Gasteiger partial charge is 0.109 e. The number of aromatic amines is 1. The van der Waals surface area contributed by atoms with Gasteiger partial charge in [-0.15, -0.1) is 0 Å². The Kier molecular flexibility index (Phi) is 6.62. The Morgan fingerprint density at radius 2 is 1.66 bits per heavy atom. The van der Waals surface area contributed by atoms with Crippen LogP contribution in [-0.4, -0.2) is 19.7 Å². The Balaban J connectivity index is 1.54. The molecule has 0 spiro atoms. The summed E-state index contributed by atoms with van der Waals surface area (Å²) in [6, 6.07) is 24.1. The van der Waals surface area contributed by atoms with Gasteiger partial charge in [-0.2, -0.15) is 5.10 Å². The largest absolute Gasteiger partial charge is 0.330 e. The van der Waals surface area contributed by atoms with E-state index in [0.717, 1.165) is 31.4 Å². The van der Waals surface area contributed by atoms with Gasteiger partial charge >= 0.3 is 0 Å². The van der Waals surface area contributed by atoms with Crippen molar-refractivity contribution in [1.29, 1.82) is 0 Å². The lowest BCUT2D eigenvalue weighted by Crippen LogP contribution is -2.04. The van der Waals surface area contributed by atoms with Gasteiger partial charge in [-0.1, -0.05) is 74.5 Å². The predicted molar refractivity (Wildman–Crippen MR) is 144 cm³/mol. The van der Waals surface area contributed by atoms with Crippen LogP contribution in [0.5, 0.6) is 0 Å². The second-order valence-corrected chi connectivity index (χ2v) is 9.14. The fraction of sp³-hybridized carbons (Fsp3) is 0.226. The first-order chi connectivity index (χ1) is 17.2. The monoisotopic (exact) mass is 460 g/mol. The molecule has 0 radical (unpaired) electrons. The second-order valence-electron chi connectivity index (χ2n) is 9.14. The lowest BCUT2D eigenvalue weighted by atomic mass is 9.89. The van der Waals surface area contributed by atoms with E-state index in [0.29, 0.717) is 0 Å². The van der Waals surface area contributed by atoms with E-state index in [2.05, 4.69) is 108 Å². The van der Waals surface area contributed by atoms with E-state index < -0.39 is 0 Å². The Hall–Kier alpha value is -3.92. The number of benzene rings is 3. The molecule has 0 bridgehead atoms. The number of aromatic nitrogens is 4. The first-order valence-electron chi connectivity index (χ1n) is 12.5. The molecular formula is C31H32N4. The molecule has 176 valence electrons. The van der Waals surface area contributed by atoms with Crippen LogP contribution in [0.3, 0.4) is 0 Å². The van der Waals surface area contributed by atoms with E-state index in [1.807, 2.05) is 12.4 Å². The summed E-state index contributed by atoms with van der Waals surface area (Å²) in [7, 11) is 0. The molecule has 2 aromatic heterocycles. The van der Waals surface area contributed by atoms with Crippen molar-refractivity contribution in [3.8, 4) is 33.4 Å². The average molecular weight is 461 g/mol. The molecule has 0 aliphatic carbocycles. The maximum absolute atomic E-state index is 4.83. The molecule has 1 N–H and O–H groups in total. The third-order valence-corrected chi connectivity index (χ3v) is 6.61. The van der Waals surface area contributed by atoms with Gasteiger partial charge in [-0.05, 0) is 64.8 Å². The molecule has 2 heterocycles. The number of H-pyrrole nitrogens is 1. The lowest BCUT2D eigenvalue weighted by molar-refractivity contribution is 0.705. The van der Waals surface area contributed by atoms with Gasteiger partial charge in [0.05, 0.1) is 11.9 Å². The van der Waals surface area contributed by atoms with Gasteiger partial charge in [0.15, 0.2) is 0 Å². The van der Waals surface area contributed by atoms with Gasteiger partial charge in [0.25, 0.3) is 0 Å². The van der Waals surface area contributed by atoms with Crippen molar-refractivity contribution in [1.82, 2.24) is 19.7 Å². The van der Waals surface area contributed by atoms with Gasteiger partial charge in [0, 0.05) is 30.9 Å². The summed E-state index contributed by atoms with van der Waals surface area (Å²) in [4.78, 5) is 4.83. The van der Waals surface area contributed by atoms with Crippen molar-refractivity contribution in [2.24, 2.45) is 0 Å². The van der Waals surface area contributed by atoms with Gasteiger partial charge in [-0.3, -0.25) is 5.10 Å². The highest BCUT2D eigenvalue weighted by Crippen LogP contribution is 2.37. The molecular weight excluding hydrogens is 428 g/mol. The molecule has 0 amide bonds. The molecule has 3 aromatic carbocycles. The summed E-state index contributed by atoms with van der Waals surface area (Å²) in [5.74, 6) is 1.18. The third-order valence-electron chi connectivity index (χ3n) is 6.61. The average Bonchev–Trinajstić information content (AvgIpc) is 3.55. The highest BCUT2D eigenvalue weighted by atomic mass is 15.1. The van der Waals surface area contributed by atoms with Crippen LogP contribution in [0.25, 0.3) is 33.4 Å². The van der Waals surface area contributed by atoms with E-state index in [1.165, 1.54) is 50.5 Å². The van der Waals surface area contributed by atoms with Gasteiger partial charge in [-0.25, -0.2) is 4.98 Å². The number of hydrogen-bond acceptors (Lipinski definition) is 2. The maximum Gasteiger partial charge on any atom is 0.109 e. The maximum atomic E-state index is 4.83. The molecule has 4 nitrogen and oxygen atoms in total. The van der Waals surface area contributed by atoms with Crippen LogP contribution in [0.2, 0.25) is 0 Å². The van der Waals surface area contributed by atoms with E-state index in [9.17, 15) is 0 Å². The van der Waals surface area contributed by atoms with Crippen molar-refractivity contribution in [2.45, 2.75) is 46.6 Å². The van der Waals surface area contributed by atoms with Crippen molar-refractivity contribution in [3.63, 3.8) is 0 Å². The third kappa shape index (κ3) is 4.83. The first kappa shape index (κ1) is 22.9. The molecule has 4 heteroatoms. The summed E-state index contributed by atoms with van der Waals surface area (Å²) in [6.07, 6.45) is 9.16. The normalized spacial score (nSPS) is 11.2. The fourth-order valence-electron chi connectivity index (χ4n) is 4.79. The molecule has 0 saturated carbocycles. The van der Waals surface area contributed by atoms with Crippen molar-refractivity contribution >= 4 is 0 Å². The Bertz CT molecular complexity index is 1410. The minimum atomic E-state index is 0.849. The molecule has 0 saturated heterocycles. The van der Waals surface area contributed by atoms with E-state index >= 15 is 0 Å². The number of nitrogens with zero attached hydrogens (tertiary/aromatic N) is 3. The summed E-state index contributed by atoms with van der Waals surface area (Å²) in [5, 5.41) is 7.16. The minimum Gasteiger partial charge on any atom is -0.330 e. The fourth-order valence-corrected chi connectivity index (χ4v) is 4.79. The molecule has 0 aliphatic heterocycles. The highest BCUT2D eigenvalue weighted by molar-refractivity contribution is 5.88. The molecule has 35 heavy (non-hydrogen) atoms.